The van der Waals surface area contributed by atoms with Crippen molar-refractivity contribution in [3.63, 3.8) is 0 Å². The van der Waals surface area contributed by atoms with E-state index in [9.17, 15) is 22.8 Å². The van der Waals surface area contributed by atoms with Gasteiger partial charge in [-0.05, 0) is 35.2 Å². The molecule has 178 valence electrons. The van der Waals surface area contributed by atoms with Gasteiger partial charge in [-0.1, -0.05) is 49.4 Å². The predicted octanol–water partition coefficient (Wildman–Crippen LogP) is 4.42. The van der Waals surface area contributed by atoms with Crippen molar-refractivity contribution in [2.75, 3.05) is 18.9 Å². The Morgan fingerprint density at radius 1 is 0.971 bits per heavy atom. The monoisotopic (exact) mass is 470 g/mol. The second-order valence-corrected chi connectivity index (χ2v) is 7.60. The fourth-order valence-corrected chi connectivity index (χ4v) is 3.36. The Hall–Kier alpha value is -3.72. The fraction of sp³-hybridized carbons (Fsp3) is 0.240. The third kappa shape index (κ3) is 6.41. The molecule has 0 aliphatic rings. The zero-order chi connectivity index (χ0) is 24.7. The molecule has 0 saturated carbocycles. The van der Waals surface area contributed by atoms with Gasteiger partial charge < -0.3 is 16.0 Å². The molecule has 6 nitrogen and oxygen atoms in total. The first-order chi connectivity index (χ1) is 16.2. The number of benzene rings is 2. The first kappa shape index (κ1) is 24.9. The number of alkyl halides is 3. The van der Waals surface area contributed by atoms with Gasteiger partial charge in [-0.15, -0.1) is 0 Å². The number of rotatable bonds is 8. The van der Waals surface area contributed by atoms with Crippen LogP contribution in [-0.2, 0) is 23.9 Å². The van der Waals surface area contributed by atoms with Gasteiger partial charge in [0.05, 0.1) is 17.8 Å². The van der Waals surface area contributed by atoms with Crippen LogP contribution in [0.5, 0.6) is 0 Å². The minimum Gasteiger partial charge on any atom is -0.354 e. The number of anilines is 1. The smallest absolute Gasteiger partial charge is 0.354 e. The molecule has 3 N–H and O–H groups in total. The van der Waals surface area contributed by atoms with Crippen molar-refractivity contribution >= 4 is 17.5 Å². The van der Waals surface area contributed by atoms with Gasteiger partial charge >= 0.3 is 6.18 Å². The van der Waals surface area contributed by atoms with E-state index in [4.69, 9.17) is 0 Å². The maximum atomic E-state index is 12.9. The molecule has 1 aromatic heterocycles. The van der Waals surface area contributed by atoms with E-state index in [-0.39, 0.29) is 24.5 Å². The summed E-state index contributed by atoms with van der Waals surface area (Å²) < 4.78 is 38.6. The molecular formula is C25H25F3N4O2. The van der Waals surface area contributed by atoms with Gasteiger partial charge in [0.2, 0.25) is 5.91 Å². The van der Waals surface area contributed by atoms with E-state index in [1.54, 1.807) is 18.3 Å². The Morgan fingerprint density at radius 2 is 1.71 bits per heavy atom. The zero-order valence-corrected chi connectivity index (χ0v) is 18.8. The summed E-state index contributed by atoms with van der Waals surface area (Å²) in [5, 5.41) is 8.00. The lowest BCUT2D eigenvalue weighted by molar-refractivity contribution is -0.137. The normalized spacial score (nSPS) is 11.2. The molecule has 3 aromatic rings. The van der Waals surface area contributed by atoms with Crippen LogP contribution in [-0.4, -0.2) is 30.4 Å². The molecule has 0 saturated heterocycles. The summed E-state index contributed by atoms with van der Waals surface area (Å²) in [6.07, 6.45) is -2.00. The van der Waals surface area contributed by atoms with E-state index in [2.05, 4.69) is 20.9 Å². The maximum Gasteiger partial charge on any atom is 0.416 e. The summed E-state index contributed by atoms with van der Waals surface area (Å²) in [5.41, 5.74) is 2.71. The summed E-state index contributed by atoms with van der Waals surface area (Å²) in [6.45, 7) is 1.95. The Bertz CT molecular complexity index is 1180. The van der Waals surface area contributed by atoms with Crippen LogP contribution in [0.1, 0.15) is 34.1 Å². The van der Waals surface area contributed by atoms with Gasteiger partial charge in [0.25, 0.3) is 5.91 Å². The number of hydrogen-bond donors (Lipinski definition) is 3. The van der Waals surface area contributed by atoms with Crippen LogP contribution in [0.15, 0.2) is 60.8 Å². The summed E-state index contributed by atoms with van der Waals surface area (Å²) in [4.78, 5) is 29.0. The average molecular weight is 470 g/mol. The number of carbonyl (C=O) groups excluding carboxylic acids is 2. The Kier molecular flexibility index (Phi) is 8.01. The minimum absolute atomic E-state index is 0.0594. The lowest BCUT2D eigenvalue weighted by Crippen LogP contribution is -2.29. The molecule has 0 aliphatic carbocycles. The van der Waals surface area contributed by atoms with Crippen molar-refractivity contribution in [3.8, 4) is 11.1 Å². The van der Waals surface area contributed by atoms with Crippen LogP contribution in [0.3, 0.4) is 0 Å². The molecule has 0 radical (unpaired) electrons. The van der Waals surface area contributed by atoms with E-state index in [0.29, 0.717) is 5.56 Å². The number of pyridine rings is 1. The molecule has 0 unspecified atom stereocenters. The number of nitrogens with one attached hydrogen (secondary N) is 3. The van der Waals surface area contributed by atoms with Gasteiger partial charge in [0.15, 0.2) is 5.69 Å². The van der Waals surface area contributed by atoms with Crippen LogP contribution in [0.2, 0.25) is 0 Å². The Labute approximate surface area is 195 Å². The lowest BCUT2D eigenvalue weighted by Gasteiger charge is -2.13. The highest BCUT2D eigenvalue weighted by molar-refractivity contribution is 6.03. The highest BCUT2D eigenvalue weighted by atomic mass is 19.4. The predicted molar refractivity (Wildman–Crippen MR) is 124 cm³/mol. The second-order valence-electron chi connectivity index (χ2n) is 7.60. The molecule has 2 amide bonds. The molecule has 34 heavy (non-hydrogen) atoms. The summed E-state index contributed by atoms with van der Waals surface area (Å²) in [5.74, 6) is -0.917. The molecular weight excluding hydrogens is 445 g/mol. The van der Waals surface area contributed by atoms with Crippen molar-refractivity contribution in [2.45, 2.75) is 26.1 Å². The summed E-state index contributed by atoms with van der Waals surface area (Å²) in [6, 6.07) is 14.4. The van der Waals surface area contributed by atoms with E-state index in [0.717, 1.165) is 35.2 Å². The average Bonchev–Trinajstić information content (AvgIpc) is 2.83. The standard InChI is InChI=1S/C25H25F3N4O2/c1-3-16-6-4-8-18(10-16)19-12-21(23(31-14-19)24(34)29-2)32-22(33)15-30-13-17-7-5-9-20(11-17)25(26,27)28/h4-12,14,30H,3,13,15H2,1-2H3,(H,29,34)(H,32,33). The van der Waals surface area contributed by atoms with Crippen molar-refractivity contribution in [3.05, 3.63) is 83.2 Å². The number of aromatic nitrogens is 1. The van der Waals surface area contributed by atoms with Crippen LogP contribution in [0.25, 0.3) is 11.1 Å². The van der Waals surface area contributed by atoms with Crippen LogP contribution in [0.4, 0.5) is 18.9 Å². The van der Waals surface area contributed by atoms with Gasteiger partial charge in [-0.2, -0.15) is 13.2 Å². The molecule has 0 bridgehead atoms. The van der Waals surface area contributed by atoms with Gasteiger partial charge in [-0.25, -0.2) is 4.98 Å². The minimum atomic E-state index is -4.43. The van der Waals surface area contributed by atoms with E-state index in [1.807, 2.05) is 31.2 Å². The number of halogens is 3. The second kappa shape index (κ2) is 10.9. The highest BCUT2D eigenvalue weighted by Gasteiger charge is 2.30. The molecule has 3 rings (SSSR count). The molecule has 0 spiro atoms. The first-order valence-corrected chi connectivity index (χ1v) is 10.7. The third-order valence-electron chi connectivity index (χ3n) is 5.14. The number of amides is 2. The Morgan fingerprint density at radius 3 is 2.41 bits per heavy atom. The van der Waals surface area contributed by atoms with Crippen molar-refractivity contribution in [1.82, 2.24) is 15.6 Å². The quantitative estimate of drug-likeness (QED) is 0.455. The molecule has 9 heteroatoms. The number of nitrogens with zero attached hydrogens (tertiary/aromatic N) is 1. The topological polar surface area (TPSA) is 83.1 Å². The van der Waals surface area contributed by atoms with Crippen LogP contribution < -0.4 is 16.0 Å². The largest absolute Gasteiger partial charge is 0.416 e. The zero-order valence-electron chi connectivity index (χ0n) is 18.8. The maximum absolute atomic E-state index is 12.9. The van der Waals surface area contributed by atoms with E-state index < -0.39 is 23.6 Å². The van der Waals surface area contributed by atoms with Gasteiger partial charge in [-0.3, -0.25) is 9.59 Å². The summed E-state index contributed by atoms with van der Waals surface area (Å²) in [7, 11) is 1.46. The first-order valence-electron chi connectivity index (χ1n) is 10.7. The van der Waals surface area contributed by atoms with Crippen LogP contribution in [0, 0.1) is 0 Å². The lowest BCUT2D eigenvalue weighted by atomic mass is 10.0. The molecule has 0 fully saturated rings. The van der Waals surface area contributed by atoms with Crippen molar-refractivity contribution in [2.24, 2.45) is 0 Å². The van der Waals surface area contributed by atoms with Crippen LogP contribution >= 0.6 is 0 Å². The third-order valence-corrected chi connectivity index (χ3v) is 5.14. The molecule has 2 aromatic carbocycles. The molecule has 0 aliphatic heterocycles. The van der Waals surface area contributed by atoms with E-state index in [1.165, 1.54) is 13.1 Å². The number of aryl methyl sites for hydroxylation is 1. The van der Waals surface area contributed by atoms with E-state index >= 15 is 0 Å². The fourth-order valence-electron chi connectivity index (χ4n) is 3.36. The molecule has 0 atom stereocenters. The van der Waals surface area contributed by atoms with Gasteiger partial charge in [0, 0.05) is 25.4 Å². The SMILES string of the molecule is CCc1cccc(-c2cnc(C(=O)NC)c(NC(=O)CNCc3cccc(C(F)(F)F)c3)c2)c1. The molecule has 1 heterocycles. The highest BCUT2D eigenvalue weighted by Crippen LogP contribution is 2.29. The number of hydrogen-bond acceptors (Lipinski definition) is 4. The summed E-state index contributed by atoms with van der Waals surface area (Å²) >= 11 is 0. The van der Waals surface area contributed by atoms with Crippen molar-refractivity contribution < 1.29 is 22.8 Å². The van der Waals surface area contributed by atoms with Gasteiger partial charge in [0.1, 0.15) is 0 Å². The van der Waals surface area contributed by atoms with Crippen molar-refractivity contribution in [1.29, 1.82) is 0 Å². The Balaban J connectivity index is 1.72. The number of carbonyl (C=O) groups is 2.